The van der Waals surface area contributed by atoms with E-state index in [0.29, 0.717) is 24.5 Å². The van der Waals surface area contributed by atoms with Gasteiger partial charge >= 0.3 is 0 Å². The zero-order chi connectivity index (χ0) is 14.2. The Morgan fingerprint density at radius 2 is 2.16 bits per heavy atom. The van der Waals surface area contributed by atoms with E-state index in [1.54, 1.807) is 7.11 Å². The van der Waals surface area contributed by atoms with Crippen molar-refractivity contribution in [3.05, 3.63) is 28.8 Å². The van der Waals surface area contributed by atoms with E-state index >= 15 is 0 Å². The predicted molar refractivity (Wildman–Crippen MR) is 73.7 cm³/mol. The van der Waals surface area contributed by atoms with Crippen molar-refractivity contribution in [3.63, 3.8) is 0 Å². The van der Waals surface area contributed by atoms with Crippen LogP contribution in [-0.2, 0) is 4.74 Å². The number of Topliss-reactive ketones (excluding diaryl/α,β-unsaturated/α-hetero) is 1. The van der Waals surface area contributed by atoms with Crippen molar-refractivity contribution in [1.82, 2.24) is 0 Å². The molecule has 4 nitrogen and oxygen atoms in total. The fourth-order valence-electron chi connectivity index (χ4n) is 2.59. The van der Waals surface area contributed by atoms with Crippen molar-refractivity contribution in [2.75, 3.05) is 20.3 Å². The smallest absolute Gasteiger partial charge is 0.176 e. The van der Waals surface area contributed by atoms with Crippen molar-refractivity contribution in [3.8, 4) is 5.75 Å². The van der Waals surface area contributed by atoms with Crippen LogP contribution in [0.2, 0.25) is 0 Å². The molecule has 1 aromatic rings. The molecule has 4 heteroatoms. The van der Waals surface area contributed by atoms with Crippen LogP contribution in [0.3, 0.4) is 0 Å². The molecule has 1 saturated heterocycles. The highest BCUT2D eigenvalue weighted by Crippen LogP contribution is 2.36. The molecule has 1 aromatic carbocycles. The van der Waals surface area contributed by atoms with E-state index in [0.717, 1.165) is 11.1 Å². The van der Waals surface area contributed by atoms with Gasteiger partial charge in [0, 0.05) is 6.04 Å². The first kappa shape index (κ1) is 14.0. The molecule has 0 bridgehead atoms. The van der Waals surface area contributed by atoms with Gasteiger partial charge in [0.2, 0.25) is 0 Å². The van der Waals surface area contributed by atoms with E-state index in [1.165, 1.54) is 0 Å². The topological polar surface area (TPSA) is 61.5 Å². The van der Waals surface area contributed by atoms with Crippen molar-refractivity contribution < 1.29 is 14.3 Å². The van der Waals surface area contributed by atoms with Crippen LogP contribution in [0.15, 0.2) is 12.1 Å². The van der Waals surface area contributed by atoms with Crippen LogP contribution >= 0.6 is 0 Å². The van der Waals surface area contributed by atoms with Crippen molar-refractivity contribution in [1.29, 1.82) is 0 Å². The van der Waals surface area contributed by atoms with Gasteiger partial charge in [0.15, 0.2) is 5.78 Å². The monoisotopic (exact) mass is 263 g/mol. The summed E-state index contributed by atoms with van der Waals surface area (Å²) in [5, 5.41) is 0. The van der Waals surface area contributed by atoms with E-state index in [9.17, 15) is 4.79 Å². The molecule has 0 aromatic heterocycles. The van der Waals surface area contributed by atoms with Gasteiger partial charge in [0.05, 0.1) is 31.3 Å². The number of benzene rings is 1. The third-order valence-electron chi connectivity index (χ3n) is 3.93. The molecule has 1 aliphatic heterocycles. The van der Waals surface area contributed by atoms with E-state index in [4.69, 9.17) is 15.2 Å². The molecule has 0 saturated carbocycles. The van der Waals surface area contributed by atoms with Crippen molar-refractivity contribution >= 4 is 5.78 Å². The Bertz CT molecular complexity index is 512. The van der Waals surface area contributed by atoms with Crippen LogP contribution in [0.1, 0.15) is 28.4 Å². The zero-order valence-corrected chi connectivity index (χ0v) is 11.9. The highest BCUT2D eigenvalue weighted by atomic mass is 16.5. The second-order valence-corrected chi connectivity index (χ2v) is 5.53. The Balaban J connectivity index is 2.50. The Morgan fingerprint density at radius 3 is 2.68 bits per heavy atom. The molecule has 1 heterocycles. The number of carbonyl (C=O) groups excluding carboxylic acids is 1. The number of aryl methyl sites for hydroxylation is 2. The summed E-state index contributed by atoms with van der Waals surface area (Å²) in [7, 11) is 1.58. The van der Waals surface area contributed by atoms with Gasteiger partial charge in [0.1, 0.15) is 5.75 Å². The minimum Gasteiger partial charge on any atom is -0.496 e. The first-order valence-electron chi connectivity index (χ1n) is 6.43. The van der Waals surface area contributed by atoms with Crippen LogP contribution < -0.4 is 10.5 Å². The highest BCUT2D eigenvalue weighted by molar-refractivity contribution is 6.04. The minimum atomic E-state index is -0.673. The summed E-state index contributed by atoms with van der Waals surface area (Å²) in [5.74, 6) is 0.620. The number of ketones is 1. The lowest BCUT2D eigenvalue weighted by Crippen LogP contribution is -2.44. The fourth-order valence-corrected chi connectivity index (χ4v) is 2.59. The molecule has 2 unspecified atom stereocenters. The average molecular weight is 263 g/mol. The Labute approximate surface area is 113 Å². The van der Waals surface area contributed by atoms with E-state index < -0.39 is 5.41 Å². The van der Waals surface area contributed by atoms with E-state index in [1.807, 2.05) is 32.9 Å². The zero-order valence-electron chi connectivity index (χ0n) is 11.9. The molecule has 0 radical (unpaired) electrons. The lowest BCUT2D eigenvalue weighted by atomic mass is 9.77. The largest absolute Gasteiger partial charge is 0.496 e. The third kappa shape index (κ3) is 2.26. The third-order valence-corrected chi connectivity index (χ3v) is 3.93. The number of ether oxygens (including phenoxy) is 2. The molecule has 19 heavy (non-hydrogen) atoms. The molecule has 104 valence electrons. The number of rotatable bonds is 3. The molecule has 2 rings (SSSR count). The Hall–Kier alpha value is -1.39. The van der Waals surface area contributed by atoms with Gasteiger partial charge in [-0.05, 0) is 38.0 Å². The first-order valence-corrected chi connectivity index (χ1v) is 6.43. The summed E-state index contributed by atoms with van der Waals surface area (Å²) < 4.78 is 10.7. The maximum absolute atomic E-state index is 12.9. The summed E-state index contributed by atoms with van der Waals surface area (Å²) in [5.41, 5.74) is 7.98. The number of methoxy groups -OCH3 is 1. The molecular weight excluding hydrogens is 242 g/mol. The summed E-state index contributed by atoms with van der Waals surface area (Å²) in [6, 6.07) is 3.59. The summed E-state index contributed by atoms with van der Waals surface area (Å²) in [6.07, 6.45) is 0. The molecule has 1 aliphatic rings. The summed E-state index contributed by atoms with van der Waals surface area (Å²) in [6.45, 7) is 6.56. The number of carbonyl (C=O) groups is 1. The molecular formula is C15H21NO3. The molecule has 2 atom stereocenters. The van der Waals surface area contributed by atoms with Gasteiger partial charge in [-0.25, -0.2) is 0 Å². The molecule has 1 fully saturated rings. The van der Waals surface area contributed by atoms with Crippen LogP contribution in [0, 0.1) is 19.3 Å². The predicted octanol–water partition coefficient (Wildman–Crippen LogP) is 1.86. The van der Waals surface area contributed by atoms with Crippen LogP contribution in [0.4, 0.5) is 0 Å². The highest BCUT2D eigenvalue weighted by Gasteiger charge is 2.45. The summed E-state index contributed by atoms with van der Waals surface area (Å²) in [4.78, 5) is 12.9. The van der Waals surface area contributed by atoms with Gasteiger partial charge in [-0.15, -0.1) is 0 Å². The van der Waals surface area contributed by atoms with Gasteiger partial charge < -0.3 is 15.2 Å². The lowest BCUT2D eigenvalue weighted by Gasteiger charge is -2.27. The normalized spacial score (nSPS) is 26.5. The number of nitrogens with two attached hydrogens (primary N) is 1. The van der Waals surface area contributed by atoms with Crippen molar-refractivity contribution in [2.24, 2.45) is 11.1 Å². The maximum atomic E-state index is 12.9. The van der Waals surface area contributed by atoms with Gasteiger partial charge in [-0.1, -0.05) is 6.07 Å². The van der Waals surface area contributed by atoms with Gasteiger partial charge in [-0.2, -0.15) is 0 Å². The average Bonchev–Trinajstić information content (AvgIpc) is 2.69. The number of hydrogen-bond acceptors (Lipinski definition) is 4. The molecule has 0 amide bonds. The SMILES string of the molecule is COc1cc(C)cc(C)c1C(=O)C1(C)COCC1N. The quantitative estimate of drug-likeness (QED) is 0.846. The fraction of sp³-hybridized carbons (Fsp3) is 0.533. The van der Waals surface area contributed by atoms with Gasteiger partial charge in [-0.3, -0.25) is 4.79 Å². The number of hydrogen-bond donors (Lipinski definition) is 1. The lowest BCUT2D eigenvalue weighted by molar-refractivity contribution is 0.0764. The van der Waals surface area contributed by atoms with Gasteiger partial charge in [0.25, 0.3) is 0 Å². The van der Waals surface area contributed by atoms with Crippen LogP contribution in [-0.4, -0.2) is 32.1 Å². The first-order chi connectivity index (χ1) is 8.90. The molecule has 0 spiro atoms. The molecule has 2 N–H and O–H groups in total. The second-order valence-electron chi connectivity index (χ2n) is 5.53. The minimum absolute atomic E-state index is 0.00634. The molecule has 0 aliphatic carbocycles. The summed E-state index contributed by atoms with van der Waals surface area (Å²) >= 11 is 0. The van der Waals surface area contributed by atoms with Crippen LogP contribution in [0.25, 0.3) is 0 Å². The second kappa shape index (κ2) is 4.94. The Kier molecular flexibility index (Phi) is 3.65. The Morgan fingerprint density at radius 1 is 1.47 bits per heavy atom. The van der Waals surface area contributed by atoms with E-state index in [2.05, 4.69) is 0 Å². The standard InChI is InChI=1S/C15H21NO3/c1-9-5-10(2)13(11(6-9)18-4)14(17)15(3)8-19-7-12(15)16/h5-6,12H,7-8,16H2,1-4H3. The van der Waals surface area contributed by atoms with Crippen LogP contribution in [0.5, 0.6) is 5.75 Å². The maximum Gasteiger partial charge on any atom is 0.176 e. The van der Waals surface area contributed by atoms with E-state index in [-0.39, 0.29) is 11.8 Å². The van der Waals surface area contributed by atoms with Crippen molar-refractivity contribution in [2.45, 2.75) is 26.8 Å².